The van der Waals surface area contributed by atoms with E-state index in [1.807, 2.05) is 0 Å². The van der Waals surface area contributed by atoms with Gasteiger partial charge in [-0.25, -0.2) is 4.39 Å². The SMILES string of the molecule is Cc1cc(C(=O)NCCC2CCCNC2)ccc1F. The number of hydrogen-bond acceptors (Lipinski definition) is 2. The number of carbonyl (C=O) groups excluding carboxylic acids is 1. The molecule has 4 heteroatoms. The smallest absolute Gasteiger partial charge is 0.251 e. The van der Waals surface area contributed by atoms with Gasteiger partial charge in [0.05, 0.1) is 0 Å². The fraction of sp³-hybridized carbons (Fsp3) is 0.533. The highest BCUT2D eigenvalue weighted by atomic mass is 19.1. The van der Waals surface area contributed by atoms with E-state index in [0.29, 0.717) is 23.6 Å². The van der Waals surface area contributed by atoms with Crippen LogP contribution in [0.2, 0.25) is 0 Å². The van der Waals surface area contributed by atoms with Crippen molar-refractivity contribution in [2.24, 2.45) is 5.92 Å². The summed E-state index contributed by atoms with van der Waals surface area (Å²) in [7, 11) is 0. The second kappa shape index (κ2) is 6.66. The van der Waals surface area contributed by atoms with Gasteiger partial charge in [-0.3, -0.25) is 4.79 Å². The van der Waals surface area contributed by atoms with Crippen LogP contribution in [0.1, 0.15) is 35.2 Å². The van der Waals surface area contributed by atoms with Gasteiger partial charge in [-0.05, 0) is 69.0 Å². The maximum Gasteiger partial charge on any atom is 0.251 e. The summed E-state index contributed by atoms with van der Waals surface area (Å²) in [6, 6.07) is 4.46. The Hall–Kier alpha value is -1.42. The molecule has 1 aliphatic rings. The number of carbonyl (C=O) groups is 1. The molecule has 19 heavy (non-hydrogen) atoms. The van der Waals surface area contributed by atoms with E-state index < -0.39 is 0 Å². The first kappa shape index (κ1) is 14.0. The van der Waals surface area contributed by atoms with E-state index in [9.17, 15) is 9.18 Å². The van der Waals surface area contributed by atoms with Crippen LogP contribution in [0.25, 0.3) is 0 Å². The number of hydrogen-bond donors (Lipinski definition) is 2. The quantitative estimate of drug-likeness (QED) is 0.875. The molecule has 1 fully saturated rings. The van der Waals surface area contributed by atoms with E-state index in [-0.39, 0.29) is 11.7 Å². The predicted molar refractivity (Wildman–Crippen MR) is 73.7 cm³/mol. The molecule has 1 saturated heterocycles. The number of halogens is 1. The molecule has 2 N–H and O–H groups in total. The molecule has 0 radical (unpaired) electrons. The molecule has 0 spiro atoms. The van der Waals surface area contributed by atoms with Crippen LogP contribution in [-0.4, -0.2) is 25.5 Å². The fourth-order valence-electron chi connectivity index (χ4n) is 2.45. The van der Waals surface area contributed by atoms with Gasteiger partial charge in [0.25, 0.3) is 5.91 Å². The number of benzene rings is 1. The van der Waals surface area contributed by atoms with Crippen LogP contribution < -0.4 is 10.6 Å². The molecular weight excluding hydrogens is 243 g/mol. The molecule has 1 aromatic carbocycles. The lowest BCUT2D eigenvalue weighted by molar-refractivity contribution is 0.0950. The molecule has 3 nitrogen and oxygen atoms in total. The average molecular weight is 264 g/mol. The molecule has 1 atom stereocenters. The first-order chi connectivity index (χ1) is 9.16. The molecule has 1 aliphatic heterocycles. The highest BCUT2D eigenvalue weighted by Crippen LogP contribution is 2.13. The highest BCUT2D eigenvalue weighted by molar-refractivity contribution is 5.94. The fourth-order valence-corrected chi connectivity index (χ4v) is 2.45. The van der Waals surface area contributed by atoms with Crippen molar-refractivity contribution in [1.29, 1.82) is 0 Å². The minimum absolute atomic E-state index is 0.119. The van der Waals surface area contributed by atoms with Crippen LogP contribution in [-0.2, 0) is 0 Å². The van der Waals surface area contributed by atoms with Crippen molar-refractivity contribution >= 4 is 5.91 Å². The second-order valence-corrected chi connectivity index (χ2v) is 5.22. The van der Waals surface area contributed by atoms with Gasteiger partial charge in [-0.15, -0.1) is 0 Å². The Morgan fingerprint density at radius 3 is 3.05 bits per heavy atom. The Kier molecular flexibility index (Phi) is 4.91. The predicted octanol–water partition coefficient (Wildman–Crippen LogP) is 2.25. The van der Waals surface area contributed by atoms with Crippen LogP contribution in [0, 0.1) is 18.7 Å². The van der Waals surface area contributed by atoms with Crippen molar-refractivity contribution in [3.05, 3.63) is 35.1 Å². The van der Waals surface area contributed by atoms with Crippen LogP contribution >= 0.6 is 0 Å². The molecule has 0 aromatic heterocycles. The van der Waals surface area contributed by atoms with E-state index >= 15 is 0 Å². The lowest BCUT2D eigenvalue weighted by Gasteiger charge is -2.22. The topological polar surface area (TPSA) is 41.1 Å². The lowest BCUT2D eigenvalue weighted by Crippen LogP contribution is -2.33. The van der Waals surface area contributed by atoms with Crippen molar-refractivity contribution in [2.45, 2.75) is 26.2 Å². The maximum atomic E-state index is 13.1. The van der Waals surface area contributed by atoms with E-state index in [4.69, 9.17) is 0 Å². The van der Waals surface area contributed by atoms with Gasteiger partial charge >= 0.3 is 0 Å². The second-order valence-electron chi connectivity index (χ2n) is 5.22. The van der Waals surface area contributed by atoms with Crippen LogP contribution in [0.15, 0.2) is 18.2 Å². The average Bonchev–Trinajstić information content (AvgIpc) is 2.43. The molecular formula is C15H21FN2O. The highest BCUT2D eigenvalue weighted by Gasteiger charge is 2.13. The molecule has 1 amide bonds. The maximum absolute atomic E-state index is 13.1. The van der Waals surface area contributed by atoms with E-state index in [1.165, 1.54) is 25.0 Å². The zero-order valence-corrected chi connectivity index (χ0v) is 11.3. The van der Waals surface area contributed by atoms with Gasteiger partial charge in [0, 0.05) is 12.1 Å². The third-order valence-electron chi connectivity index (χ3n) is 3.66. The zero-order chi connectivity index (χ0) is 13.7. The van der Waals surface area contributed by atoms with Crippen molar-refractivity contribution in [3.63, 3.8) is 0 Å². The molecule has 104 valence electrons. The van der Waals surface area contributed by atoms with Crippen molar-refractivity contribution < 1.29 is 9.18 Å². The van der Waals surface area contributed by atoms with Gasteiger partial charge in [0.1, 0.15) is 5.82 Å². The molecule has 1 aromatic rings. The Bertz CT molecular complexity index is 442. The molecule has 0 aliphatic carbocycles. The largest absolute Gasteiger partial charge is 0.352 e. The molecule has 1 heterocycles. The summed E-state index contributed by atoms with van der Waals surface area (Å²) in [6.07, 6.45) is 3.45. The van der Waals surface area contributed by atoms with E-state index in [2.05, 4.69) is 10.6 Å². The van der Waals surface area contributed by atoms with Crippen LogP contribution in [0.3, 0.4) is 0 Å². The summed E-state index contributed by atoms with van der Waals surface area (Å²) >= 11 is 0. The standard InChI is InChI=1S/C15H21FN2O/c1-11-9-13(4-5-14(11)16)15(19)18-8-6-12-3-2-7-17-10-12/h4-5,9,12,17H,2-3,6-8,10H2,1H3,(H,18,19). The summed E-state index contributed by atoms with van der Waals surface area (Å²) in [5.41, 5.74) is 1.03. The van der Waals surface area contributed by atoms with E-state index in [1.54, 1.807) is 13.0 Å². The Balaban J connectivity index is 1.78. The number of rotatable bonds is 4. The molecule has 1 unspecified atom stereocenters. The monoisotopic (exact) mass is 264 g/mol. The summed E-state index contributed by atoms with van der Waals surface area (Å²) in [4.78, 5) is 11.9. The Labute approximate surface area is 113 Å². The van der Waals surface area contributed by atoms with Crippen LogP contribution in [0.5, 0.6) is 0 Å². The van der Waals surface area contributed by atoms with Gasteiger partial charge < -0.3 is 10.6 Å². The Morgan fingerprint density at radius 2 is 2.37 bits per heavy atom. The number of aryl methyl sites for hydroxylation is 1. The summed E-state index contributed by atoms with van der Waals surface area (Å²) in [5, 5.41) is 6.27. The van der Waals surface area contributed by atoms with Crippen molar-refractivity contribution in [2.75, 3.05) is 19.6 Å². The summed E-state index contributed by atoms with van der Waals surface area (Å²) in [5.74, 6) is 0.265. The number of piperidine rings is 1. The van der Waals surface area contributed by atoms with Crippen molar-refractivity contribution in [3.8, 4) is 0 Å². The minimum Gasteiger partial charge on any atom is -0.352 e. The third-order valence-corrected chi connectivity index (χ3v) is 3.66. The lowest BCUT2D eigenvalue weighted by atomic mass is 9.96. The first-order valence-electron chi connectivity index (χ1n) is 6.92. The number of nitrogens with one attached hydrogen (secondary N) is 2. The number of amides is 1. The normalized spacial score (nSPS) is 19.2. The third kappa shape index (κ3) is 4.03. The van der Waals surface area contributed by atoms with Gasteiger partial charge in [-0.2, -0.15) is 0 Å². The van der Waals surface area contributed by atoms with Gasteiger partial charge in [0.15, 0.2) is 0 Å². The Morgan fingerprint density at radius 1 is 1.53 bits per heavy atom. The van der Waals surface area contributed by atoms with Gasteiger partial charge in [-0.1, -0.05) is 0 Å². The van der Waals surface area contributed by atoms with E-state index in [0.717, 1.165) is 19.5 Å². The van der Waals surface area contributed by atoms with Crippen LogP contribution in [0.4, 0.5) is 4.39 Å². The zero-order valence-electron chi connectivity index (χ0n) is 11.3. The van der Waals surface area contributed by atoms with Crippen molar-refractivity contribution in [1.82, 2.24) is 10.6 Å². The first-order valence-corrected chi connectivity index (χ1v) is 6.92. The van der Waals surface area contributed by atoms with Gasteiger partial charge in [0.2, 0.25) is 0 Å². The molecule has 0 bridgehead atoms. The molecule has 0 saturated carbocycles. The minimum atomic E-state index is -0.273. The molecule has 2 rings (SSSR count). The summed E-state index contributed by atoms with van der Waals surface area (Å²) in [6.45, 7) is 4.50. The summed E-state index contributed by atoms with van der Waals surface area (Å²) < 4.78 is 13.1.